The van der Waals surface area contributed by atoms with Crippen molar-refractivity contribution < 1.29 is 0 Å². The van der Waals surface area contributed by atoms with Gasteiger partial charge in [-0.2, -0.15) is 0 Å². The highest BCUT2D eigenvalue weighted by Crippen LogP contribution is 2.45. The summed E-state index contributed by atoms with van der Waals surface area (Å²) in [4.78, 5) is 7.51. The fourth-order valence-corrected chi connectivity index (χ4v) is 11.6. The van der Waals surface area contributed by atoms with Crippen molar-refractivity contribution in [2.75, 3.05) is 34.3 Å². The second-order valence-corrected chi connectivity index (χ2v) is 18.5. The topological polar surface area (TPSA) is 14.7 Å². The molecular weight excluding hydrogens is 849 g/mol. The number of aromatic nitrogens is 1. The average molecular weight is 901 g/mol. The molecule has 0 radical (unpaired) electrons. The number of hydrogen-bond donors (Lipinski definition) is 0. The molecule has 1 aromatic heterocycles. The zero-order valence-electron chi connectivity index (χ0n) is 39.8. The minimum absolute atomic E-state index is 0.812. The van der Waals surface area contributed by atoms with Gasteiger partial charge in [0.1, 0.15) is 0 Å². The molecule has 12 aromatic carbocycles. The normalized spacial score (nSPS) is 11.8. The van der Waals surface area contributed by atoms with E-state index in [1.165, 1.54) is 121 Å². The van der Waals surface area contributed by atoms with Crippen molar-refractivity contribution >= 4 is 121 Å². The molecule has 13 rings (SSSR count). The Labute approximate surface area is 408 Å². The number of hydrogen-bond acceptors (Lipinski definition) is 3. The number of anilines is 6. The van der Waals surface area contributed by atoms with Gasteiger partial charge in [-0.05, 0) is 132 Å². The van der Waals surface area contributed by atoms with Crippen molar-refractivity contribution in [3.05, 3.63) is 224 Å². The SMILES string of the molecule is CCN(c1ccc(-n2c3ccc(N(CC)c4c5ccccc5cc5ccccc45)cc3c3cc(N(CC)c4c5ccccc5cc5ccccc45)ccc32)cc1)c1c2ccccc2cc2ccccc12. The highest BCUT2D eigenvalue weighted by Gasteiger charge is 2.22. The summed E-state index contributed by atoms with van der Waals surface area (Å²) in [5.74, 6) is 0. The Kier molecular flexibility index (Phi) is 10.0. The van der Waals surface area contributed by atoms with Gasteiger partial charge in [0.15, 0.2) is 0 Å². The summed E-state index contributed by atoms with van der Waals surface area (Å²) in [6.07, 6.45) is 0. The standard InChI is InChI=1S/C66H52N4/c1-4-67(64-54-25-13-7-19-44(54)39-45-20-8-14-26-55(45)64)50-31-33-51(34-32-50)70-62-37-35-52(68(5-2)65-56-27-15-9-21-46(56)40-47-22-10-16-28-57(47)65)42-60(62)61-43-53(36-38-63(61)70)69(6-3)66-58-29-17-11-23-48(58)41-49-24-12-18-30-59(49)66/h7-43H,4-6H2,1-3H3. The molecule has 4 nitrogen and oxygen atoms in total. The minimum Gasteiger partial charge on any atom is -0.341 e. The van der Waals surface area contributed by atoms with Crippen LogP contribution in [0, 0.1) is 0 Å². The molecule has 0 amide bonds. The summed E-state index contributed by atoms with van der Waals surface area (Å²) in [7, 11) is 0. The molecule has 0 aliphatic carbocycles. The molecule has 336 valence electrons. The maximum absolute atomic E-state index is 2.52. The molecule has 0 N–H and O–H groups in total. The molecule has 0 spiro atoms. The lowest BCUT2D eigenvalue weighted by Gasteiger charge is -2.27. The molecule has 1 heterocycles. The van der Waals surface area contributed by atoms with E-state index in [0.29, 0.717) is 0 Å². The summed E-state index contributed by atoms with van der Waals surface area (Å²) >= 11 is 0. The van der Waals surface area contributed by atoms with E-state index in [1.54, 1.807) is 0 Å². The second-order valence-electron chi connectivity index (χ2n) is 18.5. The summed E-state index contributed by atoms with van der Waals surface area (Å²) in [5, 5.41) is 17.5. The van der Waals surface area contributed by atoms with E-state index in [9.17, 15) is 0 Å². The predicted molar refractivity (Wildman–Crippen MR) is 303 cm³/mol. The lowest BCUT2D eigenvalue weighted by Crippen LogP contribution is -2.17. The number of rotatable bonds is 10. The van der Waals surface area contributed by atoms with Gasteiger partial charge in [0.05, 0.1) is 28.1 Å². The Morgan fingerprint density at radius 1 is 0.271 bits per heavy atom. The molecular formula is C66H52N4. The third-order valence-corrected chi connectivity index (χ3v) is 14.8. The van der Waals surface area contributed by atoms with Crippen molar-refractivity contribution in [3.63, 3.8) is 0 Å². The maximum Gasteiger partial charge on any atom is 0.0569 e. The van der Waals surface area contributed by atoms with Gasteiger partial charge in [0.25, 0.3) is 0 Å². The van der Waals surface area contributed by atoms with E-state index in [-0.39, 0.29) is 0 Å². The van der Waals surface area contributed by atoms with Crippen molar-refractivity contribution in [3.8, 4) is 5.69 Å². The Morgan fingerprint density at radius 3 is 0.843 bits per heavy atom. The van der Waals surface area contributed by atoms with E-state index < -0.39 is 0 Å². The third-order valence-electron chi connectivity index (χ3n) is 14.8. The van der Waals surface area contributed by atoms with Crippen molar-refractivity contribution in [2.24, 2.45) is 0 Å². The fourth-order valence-electron chi connectivity index (χ4n) is 11.6. The molecule has 0 fully saturated rings. The first kappa shape index (κ1) is 41.6. The van der Waals surface area contributed by atoms with Crippen LogP contribution in [0.4, 0.5) is 34.1 Å². The van der Waals surface area contributed by atoms with E-state index in [2.05, 4.69) is 264 Å². The van der Waals surface area contributed by atoms with Gasteiger partial charge in [0.2, 0.25) is 0 Å². The van der Waals surface area contributed by atoms with Crippen LogP contribution in [-0.2, 0) is 0 Å². The van der Waals surface area contributed by atoms with Crippen molar-refractivity contribution in [1.82, 2.24) is 4.57 Å². The van der Waals surface area contributed by atoms with Crippen LogP contribution < -0.4 is 14.7 Å². The van der Waals surface area contributed by atoms with Crippen LogP contribution in [0.2, 0.25) is 0 Å². The minimum atomic E-state index is 0.812. The van der Waals surface area contributed by atoms with Crippen molar-refractivity contribution in [1.29, 1.82) is 0 Å². The van der Waals surface area contributed by atoms with Crippen LogP contribution in [0.3, 0.4) is 0 Å². The Balaban J connectivity index is 1.01. The van der Waals surface area contributed by atoms with Crippen LogP contribution in [0.5, 0.6) is 0 Å². The quantitative estimate of drug-likeness (QED) is 0.127. The second kappa shape index (κ2) is 16.9. The molecule has 0 unspecified atom stereocenters. The van der Waals surface area contributed by atoms with Gasteiger partial charge in [-0.25, -0.2) is 0 Å². The Morgan fingerprint density at radius 2 is 0.543 bits per heavy atom. The monoisotopic (exact) mass is 900 g/mol. The summed E-state index contributed by atoms with van der Waals surface area (Å²) in [6.45, 7) is 9.26. The van der Waals surface area contributed by atoms with Crippen molar-refractivity contribution in [2.45, 2.75) is 20.8 Å². The van der Waals surface area contributed by atoms with Gasteiger partial charge in [0, 0.05) is 85.5 Å². The van der Waals surface area contributed by atoms with E-state index >= 15 is 0 Å². The molecule has 0 saturated heterocycles. The highest BCUT2D eigenvalue weighted by atomic mass is 15.1. The Hall–Kier alpha value is -8.60. The molecule has 0 aliphatic rings. The lowest BCUT2D eigenvalue weighted by molar-refractivity contribution is 1.03. The zero-order valence-corrected chi connectivity index (χ0v) is 39.8. The summed E-state index contributed by atoms with van der Waals surface area (Å²) in [6, 6.07) is 83.4. The van der Waals surface area contributed by atoms with Crippen LogP contribution >= 0.6 is 0 Å². The van der Waals surface area contributed by atoms with Gasteiger partial charge < -0.3 is 19.3 Å². The summed E-state index contributed by atoms with van der Waals surface area (Å²) < 4.78 is 2.47. The van der Waals surface area contributed by atoms with Gasteiger partial charge in [-0.1, -0.05) is 146 Å². The van der Waals surface area contributed by atoms with Crippen LogP contribution in [0.25, 0.3) is 92.1 Å². The van der Waals surface area contributed by atoms with Gasteiger partial charge in [-0.3, -0.25) is 0 Å². The molecule has 0 bridgehead atoms. The largest absolute Gasteiger partial charge is 0.341 e. The maximum atomic E-state index is 2.52. The average Bonchev–Trinajstić information content (AvgIpc) is 3.74. The van der Waals surface area contributed by atoms with Gasteiger partial charge in [-0.15, -0.1) is 0 Å². The molecule has 0 saturated carbocycles. The van der Waals surface area contributed by atoms with E-state index in [4.69, 9.17) is 0 Å². The Bertz CT molecular complexity index is 3820. The lowest BCUT2D eigenvalue weighted by atomic mass is 9.99. The predicted octanol–water partition coefficient (Wildman–Crippen LogP) is 18.2. The molecule has 70 heavy (non-hydrogen) atoms. The highest BCUT2D eigenvalue weighted by molar-refractivity contribution is 6.17. The summed E-state index contributed by atoms with van der Waals surface area (Å²) in [5.41, 5.74) is 10.7. The zero-order chi connectivity index (χ0) is 46.9. The molecule has 4 heteroatoms. The number of fused-ring (bicyclic) bond motifs is 9. The first-order valence-electron chi connectivity index (χ1n) is 24.8. The number of benzene rings is 12. The molecule has 0 atom stereocenters. The van der Waals surface area contributed by atoms with E-state index in [0.717, 1.165) is 25.3 Å². The van der Waals surface area contributed by atoms with Gasteiger partial charge >= 0.3 is 0 Å². The molecule has 13 aromatic rings. The first-order chi connectivity index (χ1) is 34.6. The molecule has 0 aliphatic heterocycles. The third kappa shape index (κ3) is 6.58. The fraction of sp³-hybridized carbons (Fsp3) is 0.0909. The number of nitrogens with zero attached hydrogens (tertiary/aromatic N) is 4. The smallest absolute Gasteiger partial charge is 0.0569 e. The van der Waals surface area contributed by atoms with Crippen LogP contribution in [-0.4, -0.2) is 24.2 Å². The van der Waals surface area contributed by atoms with E-state index in [1.807, 2.05) is 0 Å². The first-order valence-corrected chi connectivity index (χ1v) is 24.8. The van der Waals surface area contributed by atoms with Crippen LogP contribution in [0.1, 0.15) is 20.8 Å². The van der Waals surface area contributed by atoms with Crippen LogP contribution in [0.15, 0.2) is 224 Å².